The van der Waals surface area contributed by atoms with E-state index in [9.17, 15) is 0 Å². The maximum atomic E-state index is 5.64. The minimum absolute atomic E-state index is 0.243. The summed E-state index contributed by atoms with van der Waals surface area (Å²) in [7, 11) is 0. The van der Waals surface area contributed by atoms with Gasteiger partial charge >= 0.3 is 0 Å². The number of benzene rings is 1. The largest absolute Gasteiger partial charge is 0.491 e. The number of fused-ring (bicyclic) bond motifs is 1. The van der Waals surface area contributed by atoms with Gasteiger partial charge in [0.05, 0.1) is 19.3 Å². The maximum absolute atomic E-state index is 5.64. The topological polar surface area (TPSA) is 18.5 Å². The fourth-order valence-corrected chi connectivity index (χ4v) is 1.69. The van der Waals surface area contributed by atoms with E-state index in [0.29, 0.717) is 0 Å². The summed E-state index contributed by atoms with van der Waals surface area (Å²) in [6, 6.07) is 6.26. The number of ether oxygens (including phenoxy) is 2. The van der Waals surface area contributed by atoms with Crippen LogP contribution in [0.15, 0.2) is 18.2 Å². The lowest BCUT2D eigenvalue weighted by Gasteiger charge is -2.18. The molecule has 1 aliphatic heterocycles. The van der Waals surface area contributed by atoms with Crippen LogP contribution in [0.25, 0.3) is 0 Å². The Bertz CT molecular complexity index is 318. The SMILES string of the molecule is CC(C)Oc1ccc2c(c1)CCOC2. The molecule has 2 nitrogen and oxygen atoms in total. The Labute approximate surface area is 84.8 Å². The summed E-state index contributed by atoms with van der Waals surface area (Å²) in [5.74, 6) is 0.973. The molecule has 1 aromatic carbocycles. The fraction of sp³-hybridized carbons (Fsp3) is 0.500. The van der Waals surface area contributed by atoms with Gasteiger partial charge in [-0.15, -0.1) is 0 Å². The van der Waals surface area contributed by atoms with Gasteiger partial charge in [-0.3, -0.25) is 0 Å². The second-order valence-electron chi connectivity index (χ2n) is 3.90. The normalized spacial score (nSPS) is 15.4. The molecular formula is C12H16O2. The molecule has 0 aromatic heterocycles. The average Bonchev–Trinajstić information content (AvgIpc) is 2.17. The lowest BCUT2D eigenvalue weighted by atomic mass is 10.0. The van der Waals surface area contributed by atoms with Crippen molar-refractivity contribution >= 4 is 0 Å². The summed E-state index contributed by atoms with van der Waals surface area (Å²) in [6.07, 6.45) is 1.25. The Morgan fingerprint density at radius 2 is 2.14 bits per heavy atom. The zero-order valence-corrected chi connectivity index (χ0v) is 8.75. The van der Waals surface area contributed by atoms with Crippen molar-refractivity contribution in [2.45, 2.75) is 33.0 Å². The second-order valence-corrected chi connectivity index (χ2v) is 3.90. The number of rotatable bonds is 2. The van der Waals surface area contributed by atoms with Crippen molar-refractivity contribution in [2.75, 3.05) is 6.61 Å². The molecule has 0 unspecified atom stereocenters. The van der Waals surface area contributed by atoms with E-state index < -0.39 is 0 Å². The predicted octanol–water partition coefficient (Wildman–Crippen LogP) is 2.55. The maximum Gasteiger partial charge on any atom is 0.119 e. The summed E-state index contributed by atoms with van der Waals surface area (Å²) in [5, 5.41) is 0. The van der Waals surface area contributed by atoms with Crippen LogP contribution >= 0.6 is 0 Å². The molecule has 2 heteroatoms. The van der Waals surface area contributed by atoms with Gasteiger partial charge in [-0.25, -0.2) is 0 Å². The molecule has 0 N–H and O–H groups in total. The van der Waals surface area contributed by atoms with E-state index in [1.807, 2.05) is 19.9 Å². The zero-order valence-electron chi connectivity index (χ0n) is 8.75. The quantitative estimate of drug-likeness (QED) is 0.717. The molecule has 14 heavy (non-hydrogen) atoms. The van der Waals surface area contributed by atoms with Crippen molar-refractivity contribution in [1.29, 1.82) is 0 Å². The van der Waals surface area contributed by atoms with Crippen LogP contribution in [0.1, 0.15) is 25.0 Å². The smallest absolute Gasteiger partial charge is 0.119 e. The average molecular weight is 192 g/mol. The minimum atomic E-state index is 0.243. The van der Waals surface area contributed by atoms with Gasteiger partial charge in [0.25, 0.3) is 0 Å². The summed E-state index contributed by atoms with van der Waals surface area (Å²) in [6.45, 7) is 5.67. The molecule has 0 fully saturated rings. The van der Waals surface area contributed by atoms with E-state index in [-0.39, 0.29) is 6.10 Å². The third-order valence-electron chi connectivity index (χ3n) is 2.32. The van der Waals surface area contributed by atoms with Gasteiger partial charge < -0.3 is 9.47 Å². The van der Waals surface area contributed by atoms with Crippen molar-refractivity contribution in [3.8, 4) is 5.75 Å². The highest BCUT2D eigenvalue weighted by molar-refractivity contribution is 5.36. The highest BCUT2D eigenvalue weighted by atomic mass is 16.5. The van der Waals surface area contributed by atoms with Crippen LogP contribution in [0.4, 0.5) is 0 Å². The van der Waals surface area contributed by atoms with Crippen LogP contribution < -0.4 is 4.74 Å². The molecule has 76 valence electrons. The first kappa shape index (κ1) is 9.53. The lowest BCUT2D eigenvalue weighted by molar-refractivity contribution is 0.110. The number of hydrogen-bond donors (Lipinski definition) is 0. The van der Waals surface area contributed by atoms with Crippen molar-refractivity contribution in [3.05, 3.63) is 29.3 Å². The Hall–Kier alpha value is -1.02. The second kappa shape index (κ2) is 4.01. The molecule has 0 amide bonds. The van der Waals surface area contributed by atoms with E-state index >= 15 is 0 Å². The van der Waals surface area contributed by atoms with Gasteiger partial charge in [-0.2, -0.15) is 0 Å². The zero-order chi connectivity index (χ0) is 9.97. The molecule has 0 bridgehead atoms. The summed E-state index contributed by atoms with van der Waals surface area (Å²) in [5.41, 5.74) is 2.67. The first-order valence-electron chi connectivity index (χ1n) is 5.12. The molecule has 0 saturated carbocycles. The lowest BCUT2D eigenvalue weighted by Crippen LogP contribution is -2.11. The van der Waals surface area contributed by atoms with Gasteiger partial charge in [0, 0.05) is 0 Å². The molecule has 1 heterocycles. The van der Waals surface area contributed by atoms with Gasteiger partial charge in [0.2, 0.25) is 0 Å². The molecule has 0 saturated heterocycles. The van der Waals surface area contributed by atoms with Crippen LogP contribution in [0.5, 0.6) is 5.75 Å². The van der Waals surface area contributed by atoms with E-state index in [4.69, 9.17) is 9.47 Å². The monoisotopic (exact) mass is 192 g/mol. The van der Waals surface area contributed by atoms with Crippen LogP contribution in [0.3, 0.4) is 0 Å². The van der Waals surface area contributed by atoms with Gasteiger partial charge in [0.15, 0.2) is 0 Å². The predicted molar refractivity (Wildman–Crippen MR) is 55.6 cm³/mol. The van der Waals surface area contributed by atoms with Crippen molar-refractivity contribution in [2.24, 2.45) is 0 Å². The first-order chi connectivity index (χ1) is 6.75. The van der Waals surface area contributed by atoms with Crippen molar-refractivity contribution in [1.82, 2.24) is 0 Å². The van der Waals surface area contributed by atoms with E-state index in [0.717, 1.165) is 25.4 Å². The third-order valence-corrected chi connectivity index (χ3v) is 2.32. The molecule has 0 aliphatic carbocycles. The molecule has 1 aliphatic rings. The third kappa shape index (κ3) is 2.07. The van der Waals surface area contributed by atoms with E-state index in [1.165, 1.54) is 11.1 Å². The first-order valence-corrected chi connectivity index (χ1v) is 5.12. The Morgan fingerprint density at radius 1 is 1.29 bits per heavy atom. The summed E-state index contributed by atoms with van der Waals surface area (Å²) in [4.78, 5) is 0. The summed E-state index contributed by atoms with van der Waals surface area (Å²) < 4.78 is 11.0. The van der Waals surface area contributed by atoms with Crippen LogP contribution in [-0.4, -0.2) is 12.7 Å². The summed E-state index contributed by atoms with van der Waals surface area (Å²) >= 11 is 0. The standard InChI is InChI=1S/C12H16O2/c1-9(2)14-12-4-3-11-8-13-6-5-10(11)7-12/h3-4,7,9H,5-6,8H2,1-2H3. The van der Waals surface area contributed by atoms with Crippen molar-refractivity contribution < 1.29 is 9.47 Å². The Morgan fingerprint density at radius 3 is 2.93 bits per heavy atom. The fourth-order valence-electron chi connectivity index (χ4n) is 1.69. The van der Waals surface area contributed by atoms with Crippen LogP contribution in [-0.2, 0) is 17.8 Å². The highest BCUT2D eigenvalue weighted by Crippen LogP contribution is 2.22. The van der Waals surface area contributed by atoms with Gasteiger partial charge in [-0.1, -0.05) is 6.07 Å². The van der Waals surface area contributed by atoms with Crippen molar-refractivity contribution in [3.63, 3.8) is 0 Å². The minimum Gasteiger partial charge on any atom is -0.491 e. The van der Waals surface area contributed by atoms with Gasteiger partial charge in [-0.05, 0) is 43.5 Å². The molecule has 0 atom stereocenters. The van der Waals surface area contributed by atoms with E-state index in [1.54, 1.807) is 0 Å². The molecular weight excluding hydrogens is 176 g/mol. The Balaban J connectivity index is 2.20. The van der Waals surface area contributed by atoms with Gasteiger partial charge in [0.1, 0.15) is 5.75 Å². The number of hydrogen-bond acceptors (Lipinski definition) is 2. The molecule has 2 rings (SSSR count). The van der Waals surface area contributed by atoms with E-state index in [2.05, 4.69) is 12.1 Å². The molecule has 0 spiro atoms. The Kier molecular flexibility index (Phi) is 2.73. The molecule has 0 radical (unpaired) electrons. The highest BCUT2D eigenvalue weighted by Gasteiger charge is 2.10. The van der Waals surface area contributed by atoms with Crippen LogP contribution in [0, 0.1) is 0 Å². The van der Waals surface area contributed by atoms with Crippen LogP contribution in [0.2, 0.25) is 0 Å². The molecule has 1 aromatic rings.